The van der Waals surface area contributed by atoms with Crippen LogP contribution in [0, 0.1) is 5.82 Å². The maximum absolute atomic E-state index is 13.1. The minimum atomic E-state index is -0.325. The third-order valence-electron chi connectivity index (χ3n) is 4.33. The van der Waals surface area contributed by atoms with Gasteiger partial charge in [-0.2, -0.15) is 5.10 Å². The van der Waals surface area contributed by atoms with E-state index in [4.69, 9.17) is 0 Å². The molecule has 0 saturated carbocycles. The fraction of sp³-hybridized carbons (Fsp3) is 0.300. The first kappa shape index (κ1) is 18.2. The van der Waals surface area contributed by atoms with Gasteiger partial charge in [0.1, 0.15) is 5.82 Å². The van der Waals surface area contributed by atoms with E-state index in [1.54, 1.807) is 12.1 Å². The molecule has 26 heavy (non-hydrogen) atoms. The van der Waals surface area contributed by atoms with Gasteiger partial charge in [0, 0.05) is 32.7 Å². The SMILES string of the molecule is O=C(CN1CCN(Cc2ccccc2)CC1)NN=Cc1cccc(F)c1. The number of hydrogen-bond acceptors (Lipinski definition) is 4. The Labute approximate surface area is 153 Å². The van der Waals surface area contributed by atoms with Crippen LogP contribution < -0.4 is 5.43 Å². The van der Waals surface area contributed by atoms with Gasteiger partial charge in [0.25, 0.3) is 5.91 Å². The van der Waals surface area contributed by atoms with E-state index in [1.807, 2.05) is 6.07 Å². The average molecular weight is 354 g/mol. The van der Waals surface area contributed by atoms with Gasteiger partial charge in [0.05, 0.1) is 12.8 Å². The molecule has 1 heterocycles. The molecule has 1 aliphatic heterocycles. The number of amides is 1. The first-order valence-corrected chi connectivity index (χ1v) is 8.75. The molecule has 1 saturated heterocycles. The molecule has 5 nitrogen and oxygen atoms in total. The normalized spacial score (nSPS) is 16.0. The summed E-state index contributed by atoms with van der Waals surface area (Å²) in [6, 6.07) is 16.5. The standard InChI is InChI=1S/C20H23FN4O/c21-19-8-4-7-18(13-19)14-22-23-20(26)16-25-11-9-24(10-12-25)15-17-5-2-1-3-6-17/h1-8,13-14H,9-12,15-16H2,(H,23,26). The molecule has 6 heteroatoms. The molecular weight excluding hydrogens is 331 g/mol. The molecule has 136 valence electrons. The highest BCUT2D eigenvalue weighted by molar-refractivity contribution is 5.83. The van der Waals surface area contributed by atoms with Gasteiger partial charge in [-0.3, -0.25) is 14.6 Å². The summed E-state index contributed by atoms with van der Waals surface area (Å²) in [5.74, 6) is -0.484. The van der Waals surface area contributed by atoms with Crippen molar-refractivity contribution in [2.45, 2.75) is 6.54 Å². The summed E-state index contributed by atoms with van der Waals surface area (Å²) in [6.45, 7) is 4.85. The van der Waals surface area contributed by atoms with Gasteiger partial charge in [0.2, 0.25) is 0 Å². The maximum atomic E-state index is 13.1. The Bertz CT molecular complexity index is 742. The van der Waals surface area contributed by atoms with Crippen molar-refractivity contribution in [1.82, 2.24) is 15.2 Å². The molecule has 1 fully saturated rings. The Balaban J connectivity index is 1.38. The smallest absolute Gasteiger partial charge is 0.254 e. The van der Waals surface area contributed by atoms with Crippen LogP contribution in [-0.4, -0.2) is 54.6 Å². The van der Waals surface area contributed by atoms with Crippen molar-refractivity contribution in [3.63, 3.8) is 0 Å². The number of halogens is 1. The number of rotatable bonds is 6. The molecule has 2 aromatic rings. The fourth-order valence-electron chi connectivity index (χ4n) is 2.95. The summed E-state index contributed by atoms with van der Waals surface area (Å²) in [4.78, 5) is 16.5. The van der Waals surface area contributed by atoms with E-state index in [0.29, 0.717) is 12.1 Å². The molecule has 0 radical (unpaired) electrons. The molecule has 0 aliphatic carbocycles. The van der Waals surface area contributed by atoms with Crippen molar-refractivity contribution >= 4 is 12.1 Å². The van der Waals surface area contributed by atoms with Crippen LogP contribution in [0.25, 0.3) is 0 Å². The van der Waals surface area contributed by atoms with Crippen molar-refractivity contribution < 1.29 is 9.18 Å². The minimum absolute atomic E-state index is 0.158. The number of benzene rings is 2. The number of nitrogens with zero attached hydrogens (tertiary/aromatic N) is 3. The molecule has 2 aromatic carbocycles. The lowest BCUT2D eigenvalue weighted by atomic mass is 10.2. The number of carbonyl (C=O) groups is 1. The number of hydrazone groups is 1. The molecule has 0 bridgehead atoms. The third kappa shape index (κ3) is 5.75. The number of carbonyl (C=O) groups excluding carboxylic acids is 1. The van der Waals surface area contributed by atoms with Gasteiger partial charge in [0.15, 0.2) is 0 Å². The third-order valence-corrected chi connectivity index (χ3v) is 4.33. The van der Waals surface area contributed by atoms with Crippen LogP contribution in [0.15, 0.2) is 59.7 Å². The highest BCUT2D eigenvalue weighted by atomic mass is 19.1. The van der Waals surface area contributed by atoms with Gasteiger partial charge in [-0.1, -0.05) is 42.5 Å². The van der Waals surface area contributed by atoms with Gasteiger partial charge < -0.3 is 0 Å². The van der Waals surface area contributed by atoms with Crippen molar-refractivity contribution in [2.75, 3.05) is 32.7 Å². The molecule has 3 rings (SSSR count). The summed E-state index contributed by atoms with van der Waals surface area (Å²) in [6.07, 6.45) is 1.44. The van der Waals surface area contributed by atoms with Crippen LogP contribution in [0.1, 0.15) is 11.1 Å². The molecule has 1 aliphatic rings. The van der Waals surface area contributed by atoms with Crippen LogP contribution in [0.4, 0.5) is 4.39 Å². The predicted molar refractivity (Wildman–Crippen MR) is 100 cm³/mol. The lowest BCUT2D eigenvalue weighted by Crippen LogP contribution is -2.48. The molecule has 1 amide bonds. The van der Waals surface area contributed by atoms with E-state index in [-0.39, 0.29) is 11.7 Å². The fourth-order valence-corrected chi connectivity index (χ4v) is 2.95. The summed E-state index contributed by atoms with van der Waals surface area (Å²) < 4.78 is 13.1. The van der Waals surface area contributed by atoms with Gasteiger partial charge in [-0.15, -0.1) is 0 Å². The van der Waals surface area contributed by atoms with Crippen molar-refractivity contribution in [1.29, 1.82) is 0 Å². The van der Waals surface area contributed by atoms with Crippen LogP contribution in [-0.2, 0) is 11.3 Å². The second kappa shape index (κ2) is 9.22. The van der Waals surface area contributed by atoms with E-state index in [9.17, 15) is 9.18 Å². The van der Waals surface area contributed by atoms with Crippen LogP contribution >= 0.6 is 0 Å². The van der Waals surface area contributed by atoms with Gasteiger partial charge in [-0.25, -0.2) is 9.82 Å². The quantitative estimate of drug-likeness (QED) is 0.638. The maximum Gasteiger partial charge on any atom is 0.254 e. The molecule has 0 spiro atoms. The second-order valence-electron chi connectivity index (χ2n) is 6.39. The monoisotopic (exact) mass is 354 g/mol. The average Bonchev–Trinajstić information content (AvgIpc) is 2.64. The zero-order chi connectivity index (χ0) is 18.2. The first-order chi connectivity index (χ1) is 12.7. The van der Waals surface area contributed by atoms with Crippen LogP contribution in [0.3, 0.4) is 0 Å². The van der Waals surface area contributed by atoms with Crippen molar-refractivity contribution in [2.24, 2.45) is 5.10 Å². The van der Waals surface area contributed by atoms with E-state index in [2.05, 4.69) is 44.6 Å². The van der Waals surface area contributed by atoms with E-state index < -0.39 is 0 Å². The number of hydrogen-bond donors (Lipinski definition) is 1. The molecule has 0 unspecified atom stereocenters. The zero-order valence-corrected chi connectivity index (χ0v) is 14.6. The highest BCUT2D eigenvalue weighted by Gasteiger charge is 2.18. The topological polar surface area (TPSA) is 47.9 Å². The highest BCUT2D eigenvalue weighted by Crippen LogP contribution is 2.08. The Kier molecular flexibility index (Phi) is 6.46. The summed E-state index contributed by atoms with van der Waals surface area (Å²) in [7, 11) is 0. The second-order valence-corrected chi connectivity index (χ2v) is 6.39. The Morgan fingerprint density at radius 2 is 1.77 bits per heavy atom. The Hall–Kier alpha value is -2.57. The van der Waals surface area contributed by atoms with Gasteiger partial charge in [-0.05, 0) is 23.3 Å². The van der Waals surface area contributed by atoms with E-state index in [1.165, 1.54) is 23.9 Å². The summed E-state index contributed by atoms with van der Waals surface area (Å²) in [5.41, 5.74) is 4.42. The predicted octanol–water partition coefficient (Wildman–Crippen LogP) is 2.09. The lowest BCUT2D eigenvalue weighted by Gasteiger charge is -2.34. The first-order valence-electron chi connectivity index (χ1n) is 8.75. The van der Waals surface area contributed by atoms with Crippen LogP contribution in [0.2, 0.25) is 0 Å². The van der Waals surface area contributed by atoms with E-state index >= 15 is 0 Å². The molecule has 1 N–H and O–H groups in total. The van der Waals surface area contributed by atoms with Crippen molar-refractivity contribution in [3.8, 4) is 0 Å². The number of piperazine rings is 1. The van der Waals surface area contributed by atoms with Gasteiger partial charge >= 0.3 is 0 Å². The van der Waals surface area contributed by atoms with Crippen molar-refractivity contribution in [3.05, 3.63) is 71.5 Å². The molecule has 0 atom stereocenters. The summed E-state index contributed by atoms with van der Waals surface area (Å²) >= 11 is 0. The minimum Gasteiger partial charge on any atom is -0.297 e. The molecular formula is C20H23FN4O. The van der Waals surface area contributed by atoms with E-state index in [0.717, 1.165) is 32.7 Å². The Morgan fingerprint density at radius 1 is 1.04 bits per heavy atom. The number of nitrogens with one attached hydrogen (secondary N) is 1. The van der Waals surface area contributed by atoms with Crippen LogP contribution in [0.5, 0.6) is 0 Å². The molecule has 0 aromatic heterocycles. The largest absolute Gasteiger partial charge is 0.297 e. The zero-order valence-electron chi connectivity index (χ0n) is 14.6. The lowest BCUT2D eigenvalue weighted by molar-refractivity contribution is -0.122. The Morgan fingerprint density at radius 3 is 2.50 bits per heavy atom. The summed E-state index contributed by atoms with van der Waals surface area (Å²) in [5, 5.41) is 3.89.